The number of nitrogens with one attached hydrogen (secondary N) is 1. The van der Waals surface area contributed by atoms with Crippen LogP contribution in [0.3, 0.4) is 0 Å². The standard InChI is InChI=1S/C19H30N2O/c1-15-6-2-5-9-19(15)21-12-10-17(11-13-21)20-18-8-4-3-7-16(18)14-22/h3-4,7-8,15,17,19-20,22H,2,5-6,9-14H2,1H3. The van der Waals surface area contributed by atoms with Gasteiger partial charge in [-0.3, -0.25) is 4.90 Å². The van der Waals surface area contributed by atoms with Crippen molar-refractivity contribution in [3.05, 3.63) is 29.8 Å². The van der Waals surface area contributed by atoms with Crippen LogP contribution in [0.2, 0.25) is 0 Å². The second-order valence-corrected chi connectivity index (χ2v) is 7.10. The molecule has 2 fully saturated rings. The highest BCUT2D eigenvalue weighted by molar-refractivity contribution is 5.51. The van der Waals surface area contributed by atoms with Crippen molar-refractivity contribution in [3.63, 3.8) is 0 Å². The van der Waals surface area contributed by atoms with E-state index in [4.69, 9.17) is 0 Å². The summed E-state index contributed by atoms with van der Waals surface area (Å²) >= 11 is 0. The molecule has 3 heteroatoms. The molecule has 1 saturated carbocycles. The molecule has 1 aromatic carbocycles. The van der Waals surface area contributed by atoms with E-state index in [1.165, 1.54) is 51.6 Å². The number of nitrogens with zero attached hydrogens (tertiary/aromatic N) is 1. The third-order valence-corrected chi connectivity index (χ3v) is 5.61. The fourth-order valence-electron chi connectivity index (χ4n) is 4.23. The Labute approximate surface area is 134 Å². The Kier molecular flexibility index (Phi) is 5.37. The highest BCUT2D eigenvalue weighted by atomic mass is 16.3. The summed E-state index contributed by atoms with van der Waals surface area (Å²) in [7, 11) is 0. The minimum atomic E-state index is 0.113. The number of aliphatic hydroxyl groups is 1. The highest BCUT2D eigenvalue weighted by Crippen LogP contribution is 2.30. The van der Waals surface area contributed by atoms with Gasteiger partial charge in [0.1, 0.15) is 0 Å². The van der Waals surface area contributed by atoms with E-state index in [1.807, 2.05) is 18.2 Å². The molecule has 0 bridgehead atoms. The summed E-state index contributed by atoms with van der Waals surface area (Å²) in [5, 5.41) is 13.1. The quantitative estimate of drug-likeness (QED) is 0.891. The smallest absolute Gasteiger partial charge is 0.0701 e. The molecule has 3 nitrogen and oxygen atoms in total. The van der Waals surface area contributed by atoms with Crippen LogP contribution in [0.15, 0.2) is 24.3 Å². The van der Waals surface area contributed by atoms with Gasteiger partial charge in [-0.25, -0.2) is 0 Å². The summed E-state index contributed by atoms with van der Waals surface area (Å²) < 4.78 is 0. The lowest BCUT2D eigenvalue weighted by Crippen LogP contribution is -2.48. The number of hydrogen-bond acceptors (Lipinski definition) is 3. The molecule has 0 aromatic heterocycles. The minimum Gasteiger partial charge on any atom is -0.392 e. The molecule has 0 radical (unpaired) electrons. The molecule has 2 unspecified atom stereocenters. The van der Waals surface area contributed by atoms with Crippen LogP contribution >= 0.6 is 0 Å². The number of aliphatic hydroxyl groups excluding tert-OH is 1. The molecule has 0 spiro atoms. The van der Waals surface area contributed by atoms with E-state index in [0.29, 0.717) is 6.04 Å². The lowest BCUT2D eigenvalue weighted by atomic mass is 9.84. The number of rotatable bonds is 4. The number of para-hydroxylation sites is 1. The van der Waals surface area contributed by atoms with Crippen molar-refractivity contribution < 1.29 is 5.11 Å². The normalized spacial score (nSPS) is 27.7. The molecule has 1 aliphatic carbocycles. The van der Waals surface area contributed by atoms with Gasteiger partial charge in [0.05, 0.1) is 6.61 Å². The van der Waals surface area contributed by atoms with Gasteiger partial charge < -0.3 is 10.4 Å². The first kappa shape index (κ1) is 15.8. The molecule has 1 heterocycles. The van der Waals surface area contributed by atoms with Crippen LogP contribution in [-0.2, 0) is 6.61 Å². The molecule has 3 rings (SSSR count). The van der Waals surface area contributed by atoms with Crippen LogP contribution in [0.4, 0.5) is 5.69 Å². The minimum absolute atomic E-state index is 0.113. The molecule has 2 aliphatic rings. The molecule has 1 saturated heterocycles. The Morgan fingerprint density at radius 2 is 1.82 bits per heavy atom. The first-order valence-electron chi connectivity index (χ1n) is 8.97. The Morgan fingerprint density at radius 3 is 2.55 bits per heavy atom. The van der Waals surface area contributed by atoms with Gasteiger partial charge in [-0.1, -0.05) is 38.0 Å². The fraction of sp³-hybridized carbons (Fsp3) is 0.684. The van der Waals surface area contributed by atoms with E-state index < -0.39 is 0 Å². The maximum Gasteiger partial charge on any atom is 0.0701 e. The molecule has 2 atom stereocenters. The molecule has 22 heavy (non-hydrogen) atoms. The number of anilines is 1. The van der Waals surface area contributed by atoms with Crippen LogP contribution in [0, 0.1) is 5.92 Å². The topological polar surface area (TPSA) is 35.5 Å². The van der Waals surface area contributed by atoms with Crippen LogP contribution in [0.25, 0.3) is 0 Å². The van der Waals surface area contributed by atoms with E-state index in [0.717, 1.165) is 23.2 Å². The van der Waals surface area contributed by atoms with Gasteiger partial charge in [0.2, 0.25) is 0 Å². The largest absolute Gasteiger partial charge is 0.392 e. The predicted molar refractivity (Wildman–Crippen MR) is 92.0 cm³/mol. The van der Waals surface area contributed by atoms with Gasteiger partial charge in [-0.05, 0) is 37.7 Å². The van der Waals surface area contributed by atoms with Crippen LogP contribution in [-0.4, -0.2) is 35.2 Å². The molecule has 122 valence electrons. The molecule has 2 N–H and O–H groups in total. The first-order chi connectivity index (χ1) is 10.8. The van der Waals surface area contributed by atoms with E-state index in [9.17, 15) is 5.11 Å². The van der Waals surface area contributed by atoms with Crippen LogP contribution in [0.5, 0.6) is 0 Å². The van der Waals surface area contributed by atoms with Crippen molar-refractivity contribution in [3.8, 4) is 0 Å². The Bertz CT molecular complexity index is 468. The summed E-state index contributed by atoms with van der Waals surface area (Å²) in [6.45, 7) is 4.98. The molecular formula is C19H30N2O. The lowest BCUT2D eigenvalue weighted by molar-refractivity contribution is 0.0887. The van der Waals surface area contributed by atoms with Crippen LogP contribution in [0.1, 0.15) is 51.0 Å². The van der Waals surface area contributed by atoms with Crippen molar-refractivity contribution >= 4 is 5.69 Å². The number of likely N-dealkylation sites (tertiary alicyclic amines) is 1. The zero-order valence-corrected chi connectivity index (χ0v) is 13.8. The summed E-state index contributed by atoms with van der Waals surface area (Å²) in [6, 6.07) is 9.48. The number of hydrogen-bond donors (Lipinski definition) is 2. The molecule has 1 aromatic rings. The zero-order chi connectivity index (χ0) is 15.4. The van der Waals surface area contributed by atoms with E-state index >= 15 is 0 Å². The second kappa shape index (κ2) is 7.47. The Balaban J connectivity index is 1.53. The van der Waals surface area contributed by atoms with Gasteiger partial charge >= 0.3 is 0 Å². The SMILES string of the molecule is CC1CCCCC1N1CCC(Nc2ccccc2CO)CC1. The van der Waals surface area contributed by atoms with Crippen molar-refractivity contribution in [1.29, 1.82) is 0 Å². The third kappa shape index (κ3) is 3.64. The van der Waals surface area contributed by atoms with Crippen molar-refractivity contribution in [2.75, 3.05) is 18.4 Å². The van der Waals surface area contributed by atoms with Crippen LogP contribution < -0.4 is 5.32 Å². The number of benzene rings is 1. The fourth-order valence-corrected chi connectivity index (χ4v) is 4.23. The number of piperidine rings is 1. The van der Waals surface area contributed by atoms with E-state index in [2.05, 4.69) is 23.2 Å². The summed E-state index contributed by atoms with van der Waals surface area (Å²) in [5.74, 6) is 0.869. The van der Waals surface area contributed by atoms with Crippen molar-refractivity contribution in [2.24, 2.45) is 5.92 Å². The van der Waals surface area contributed by atoms with Gasteiger partial charge in [0, 0.05) is 36.4 Å². The molecule has 0 amide bonds. The second-order valence-electron chi connectivity index (χ2n) is 7.10. The average Bonchev–Trinajstić information content (AvgIpc) is 2.57. The van der Waals surface area contributed by atoms with Gasteiger partial charge in [0.25, 0.3) is 0 Å². The van der Waals surface area contributed by atoms with Gasteiger partial charge in [-0.15, -0.1) is 0 Å². The Hall–Kier alpha value is -1.06. The first-order valence-corrected chi connectivity index (χ1v) is 8.97. The monoisotopic (exact) mass is 302 g/mol. The lowest BCUT2D eigenvalue weighted by Gasteiger charge is -2.42. The predicted octanol–water partition coefficient (Wildman–Crippen LogP) is 3.63. The zero-order valence-electron chi connectivity index (χ0n) is 13.8. The van der Waals surface area contributed by atoms with Crippen molar-refractivity contribution in [1.82, 2.24) is 4.90 Å². The average molecular weight is 302 g/mol. The Morgan fingerprint density at radius 1 is 1.09 bits per heavy atom. The van der Waals surface area contributed by atoms with Gasteiger partial charge in [-0.2, -0.15) is 0 Å². The van der Waals surface area contributed by atoms with E-state index in [-0.39, 0.29) is 6.61 Å². The maximum absolute atomic E-state index is 9.44. The van der Waals surface area contributed by atoms with Crippen molar-refractivity contribution in [2.45, 2.75) is 64.1 Å². The maximum atomic E-state index is 9.44. The third-order valence-electron chi connectivity index (χ3n) is 5.61. The summed E-state index contributed by atoms with van der Waals surface area (Å²) in [4.78, 5) is 2.74. The summed E-state index contributed by atoms with van der Waals surface area (Å²) in [5.41, 5.74) is 2.11. The van der Waals surface area contributed by atoms with E-state index in [1.54, 1.807) is 0 Å². The van der Waals surface area contributed by atoms with Gasteiger partial charge in [0.15, 0.2) is 0 Å². The highest BCUT2D eigenvalue weighted by Gasteiger charge is 2.30. The molecule has 1 aliphatic heterocycles. The molecular weight excluding hydrogens is 272 g/mol. The summed E-state index contributed by atoms with van der Waals surface area (Å²) in [6.07, 6.45) is 8.07.